The predicted octanol–water partition coefficient (Wildman–Crippen LogP) is 5.25. The lowest BCUT2D eigenvalue weighted by molar-refractivity contribution is 0.000501. The van der Waals surface area contributed by atoms with Crippen LogP contribution in [0.2, 0.25) is 0 Å². The number of rotatable bonds is 2. The second-order valence-electron chi connectivity index (χ2n) is 7.80. The lowest BCUT2D eigenvalue weighted by Crippen LogP contribution is -2.35. The molecule has 1 heterocycles. The quantitative estimate of drug-likeness (QED) is 0.733. The topological polar surface area (TPSA) is 46.5 Å². The summed E-state index contributed by atoms with van der Waals surface area (Å²) in [5.74, 6) is -2.44. The minimum absolute atomic E-state index is 0.00397. The third-order valence-corrected chi connectivity index (χ3v) is 5.97. The van der Waals surface area contributed by atoms with Gasteiger partial charge < -0.3 is 9.84 Å². The summed E-state index contributed by atoms with van der Waals surface area (Å²) in [4.78, 5) is 12.6. The maximum absolute atomic E-state index is 14.2. The van der Waals surface area contributed by atoms with Gasteiger partial charge >= 0.3 is 5.97 Å². The third-order valence-electron chi connectivity index (χ3n) is 5.97. The van der Waals surface area contributed by atoms with Gasteiger partial charge in [0.2, 0.25) is 5.82 Å². The Morgan fingerprint density at radius 2 is 1.74 bits per heavy atom. The zero-order valence-electron chi connectivity index (χ0n) is 15.2. The molecule has 0 amide bonds. The molecular weight excluding hydrogens is 350 g/mol. The summed E-state index contributed by atoms with van der Waals surface area (Å²) in [5.41, 5.74) is 1.68. The summed E-state index contributed by atoms with van der Waals surface area (Å²) in [6.45, 7) is 2.26. The molecule has 3 nitrogen and oxygen atoms in total. The number of carbonyl (C=O) groups is 1. The number of phenolic OH excluding ortho intramolecular Hbond substituents is 1. The summed E-state index contributed by atoms with van der Waals surface area (Å²) in [5, 5.41) is 9.29. The van der Waals surface area contributed by atoms with Crippen molar-refractivity contribution in [2.45, 2.75) is 45.1 Å². The largest absolute Gasteiger partial charge is 0.505 e. The van der Waals surface area contributed by atoms with Crippen molar-refractivity contribution in [3.8, 4) is 16.9 Å². The Hall–Kier alpha value is -2.43. The molecule has 0 aromatic heterocycles. The molecule has 1 unspecified atom stereocenters. The minimum atomic E-state index is -1.29. The summed E-state index contributed by atoms with van der Waals surface area (Å²) in [6, 6.07) is 7.44. The Morgan fingerprint density at radius 1 is 1.00 bits per heavy atom. The van der Waals surface area contributed by atoms with Gasteiger partial charge in [-0.05, 0) is 54.0 Å². The Bertz CT molecular complexity index is 885. The average molecular weight is 372 g/mol. The standard InChI is InChI=1S/C22H22F2O3/c1-12-2-4-13(5-3-12)19-11-15-7-6-14(10-17(15)22(26)27-19)16-8-9-18(25)21(24)20(16)23/h6-10,12-13,19,25H,2-5,11H2,1H3. The first-order valence-corrected chi connectivity index (χ1v) is 9.45. The number of carbonyl (C=O) groups excluding carboxylic acids is 1. The van der Waals surface area contributed by atoms with Crippen LogP contribution in [0.3, 0.4) is 0 Å². The molecule has 0 spiro atoms. The molecule has 1 aliphatic carbocycles. The molecule has 1 atom stereocenters. The van der Waals surface area contributed by atoms with Gasteiger partial charge in [-0.1, -0.05) is 31.9 Å². The van der Waals surface area contributed by atoms with Crippen molar-refractivity contribution in [3.63, 3.8) is 0 Å². The summed E-state index contributed by atoms with van der Waals surface area (Å²) < 4.78 is 33.5. The second-order valence-corrected chi connectivity index (χ2v) is 7.80. The molecule has 2 aromatic carbocycles. The molecule has 2 aromatic rings. The highest BCUT2D eigenvalue weighted by atomic mass is 19.2. The molecule has 142 valence electrons. The molecule has 4 rings (SSSR count). The SMILES string of the molecule is CC1CCC(C2Cc3ccc(-c4ccc(O)c(F)c4F)cc3C(=O)O2)CC1. The van der Waals surface area contributed by atoms with E-state index >= 15 is 0 Å². The van der Waals surface area contributed by atoms with E-state index in [1.54, 1.807) is 18.2 Å². The number of benzene rings is 2. The Labute approximate surface area is 157 Å². The number of halogens is 2. The smallest absolute Gasteiger partial charge is 0.338 e. The van der Waals surface area contributed by atoms with Gasteiger partial charge in [0, 0.05) is 12.0 Å². The molecule has 1 N–H and O–H groups in total. The van der Waals surface area contributed by atoms with Gasteiger partial charge in [-0.25, -0.2) is 9.18 Å². The fourth-order valence-corrected chi connectivity index (χ4v) is 4.25. The molecule has 2 aliphatic rings. The van der Waals surface area contributed by atoms with Crippen LogP contribution in [0.4, 0.5) is 8.78 Å². The number of phenols is 1. The Balaban J connectivity index is 1.61. The number of hydrogen-bond donors (Lipinski definition) is 1. The van der Waals surface area contributed by atoms with Gasteiger partial charge in [0.05, 0.1) is 5.56 Å². The lowest BCUT2D eigenvalue weighted by Gasteiger charge is -2.35. The molecule has 1 saturated carbocycles. The second kappa shape index (κ2) is 6.95. The van der Waals surface area contributed by atoms with Crippen molar-refractivity contribution in [3.05, 3.63) is 53.1 Å². The Morgan fingerprint density at radius 3 is 2.48 bits per heavy atom. The van der Waals surface area contributed by atoms with E-state index in [-0.39, 0.29) is 11.7 Å². The average Bonchev–Trinajstić information content (AvgIpc) is 2.67. The molecule has 5 heteroatoms. The third kappa shape index (κ3) is 3.31. The van der Waals surface area contributed by atoms with Crippen LogP contribution in [-0.4, -0.2) is 17.2 Å². The first-order valence-electron chi connectivity index (χ1n) is 9.45. The van der Waals surface area contributed by atoms with Crippen LogP contribution in [-0.2, 0) is 11.2 Å². The lowest BCUT2D eigenvalue weighted by atomic mass is 9.77. The summed E-state index contributed by atoms with van der Waals surface area (Å²) in [6.07, 6.45) is 5.03. The van der Waals surface area contributed by atoms with E-state index in [0.29, 0.717) is 23.5 Å². The number of cyclic esters (lactones) is 1. The van der Waals surface area contributed by atoms with Crippen molar-refractivity contribution in [1.82, 2.24) is 0 Å². The molecule has 1 fully saturated rings. The first kappa shape index (κ1) is 18.0. The van der Waals surface area contributed by atoms with Crippen molar-refractivity contribution in [2.24, 2.45) is 11.8 Å². The number of aromatic hydroxyl groups is 1. The van der Waals surface area contributed by atoms with E-state index in [1.165, 1.54) is 6.07 Å². The fraction of sp³-hybridized carbons (Fsp3) is 0.409. The summed E-state index contributed by atoms with van der Waals surface area (Å²) in [7, 11) is 0. The number of ether oxygens (including phenoxy) is 1. The van der Waals surface area contributed by atoms with Crippen LogP contribution in [0.25, 0.3) is 11.1 Å². The summed E-state index contributed by atoms with van der Waals surface area (Å²) >= 11 is 0. The molecule has 0 saturated heterocycles. The van der Waals surface area contributed by atoms with E-state index in [4.69, 9.17) is 4.74 Å². The highest BCUT2D eigenvalue weighted by molar-refractivity contribution is 5.94. The molecule has 1 aliphatic heterocycles. The predicted molar refractivity (Wildman–Crippen MR) is 97.5 cm³/mol. The maximum Gasteiger partial charge on any atom is 0.338 e. The first-order chi connectivity index (χ1) is 12.9. The highest BCUT2D eigenvalue weighted by Crippen LogP contribution is 2.37. The van der Waals surface area contributed by atoms with Gasteiger partial charge in [0.1, 0.15) is 6.10 Å². The van der Waals surface area contributed by atoms with Crippen molar-refractivity contribution in [1.29, 1.82) is 0 Å². The van der Waals surface area contributed by atoms with Crippen LogP contribution >= 0.6 is 0 Å². The fourth-order valence-electron chi connectivity index (χ4n) is 4.25. The number of esters is 1. The van der Waals surface area contributed by atoms with E-state index in [1.807, 2.05) is 0 Å². The van der Waals surface area contributed by atoms with Crippen LogP contribution in [0.5, 0.6) is 5.75 Å². The zero-order valence-corrected chi connectivity index (χ0v) is 15.2. The van der Waals surface area contributed by atoms with Crippen LogP contribution < -0.4 is 0 Å². The van der Waals surface area contributed by atoms with Gasteiger partial charge in [0.25, 0.3) is 0 Å². The van der Waals surface area contributed by atoms with Crippen LogP contribution in [0, 0.1) is 23.5 Å². The monoisotopic (exact) mass is 372 g/mol. The van der Waals surface area contributed by atoms with Gasteiger partial charge in [0.15, 0.2) is 11.6 Å². The van der Waals surface area contributed by atoms with E-state index < -0.39 is 23.4 Å². The van der Waals surface area contributed by atoms with Crippen LogP contribution in [0.15, 0.2) is 30.3 Å². The maximum atomic E-state index is 14.2. The highest BCUT2D eigenvalue weighted by Gasteiger charge is 2.34. The van der Waals surface area contributed by atoms with Crippen LogP contribution in [0.1, 0.15) is 48.5 Å². The molecule has 0 radical (unpaired) electrons. The minimum Gasteiger partial charge on any atom is -0.505 e. The van der Waals surface area contributed by atoms with Gasteiger partial charge in [-0.3, -0.25) is 0 Å². The number of hydrogen-bond acceptors (Lipinski definition) is 3. The normalized spacial score (nSPS) is 25.0. The Kier molecular flexibility index (Phi) is 4.62. The number of fused-ring (bicyclic) bond motifs is 1. The molecule has 0 bridgehead atoms. The van der Waals surface area contributed by atoms with Crippen molar-refractivity contribution < 1.29 is 23.4 Å². The van der Waals surface area contributed by atoms with E-state index in [9.17, 15) is 18.7 Å². The van der Waals surface area contributed by atoms with Crippen molar-refractivity contribution in [2.75, 3.05) is 0 Å². The van der Waals surface area contributed by atoms with Gasteiger partial charge in [-0.15, -0.1) is 0 Å². The zero-order chi connectivity index (χ0) is 19.1. The van der Waals surface area contributed by atoms with Gasteiger partial charge in [-0.2, -0.15) is 4.39 Å². The molecular formula is C22H22F2O3. The van der Waals surface area contributed by atoms with E-state index in [0.717, 1.165) is 43.2 Å². The van der Waals surface area contributed by atoms with Crippen molar-refractivity contribution >= 4 is 5.97 Å². The van der Waals surface area contributed by atoms with E-state index in [2.05, 4.69) is 6.92 Å². The molecule has 27 heavy (non-hydrogen) atoms.